The van der Waals surface area contributed by atoms with Gasteiger partial charge < -0.3 is 9.13 Å². The maximum Gasteiger partial charge on any atom is 0.195 e. The highest BCUT2D eigenvalue weighted by Gasteiger charge is 2.19. The van der Waals surface area contributed by atoms with Crippen LogP contribution in [0.2, 0.25) is 0 Å². The molecule has 7 rings (SSSR count). The summed E-state index contributed by atoms with van der Waals surface area (Å²) >= 11 is 0. The van der Waals surface area contributed by atoms with E-state index in [0.29, 0.717) is 30.0 Å². The van der Waals surface area contributed by atoms with Crippen LogP contribution in [0.15, 0.2) is 91.4 Å². The molecule has 0 unspecified atom stereocenters. The van der Waals surface area contributed by atoms with Crippen LogP contribution < -0.4 is 0 Å². The second kappa shape index (κ2) is 9.91. The van der Waals surface area contributed by atoms with Gasteiger partial charge in [0.15, 0.2) is 11.6 Å². The quantitative estimate of drug-likeness (QED) is 0.273. The Morgan fingerprint density at radius 2 is 1.73 bits per heavy atom. The molecule has 4 aromatic heterocycles. The number of aromatic amines is 1. The molecule has 9 nitrogen and oxygen atoms in total. The van der Waals surface area contributed by atoms with Crippen LogP contribution in [0.5, 0.6) is 0 Å². The Bertz CT molecular complexity index is 2020. The first-order valence-corrected chi connectivity index (χ1v) is 13.1. The van der Waals surface area contributed by atoms with E-state index in [1.54, 1.807) is 24.5 Å². The second-order valence-corrected chi connectivity index (χ2v) is 9.89. The van der Waals surface area contributed by atoms with Gasteiger partial charge in [-0.1, -0.05) is 48.5 Å². The Morgan fingerprint density at radius 1 is 0.927 bits per heavy atom. The van der Waals surface area contributed by atoms with Crippen molar-refractivity contribution in [3.8, 4) is 11.1 Å². The number of benzene rings is 3. The molecule has 4 heterocycles. The first-order valence-electron chi connectivity index (χ1n) is 13.1. The third-order valence-electron chi connectivity index (χ3n) is 7.31. The first kappa shape index (κ1) is 24.5. The number of ketones is 1. The third-order valence-corrected chi connectivity index (χ3v) is 7.31. The van der Waals surface area contributed by atoms with E-state index in [1.165, 1.54) is 12.1 Å². The molecule has 0 saturated heterocycles. The van der Waals surface area contributed by atoms with Gasteiger partial charge in [-0.15, -0.1) is 5.10 Å². The zero-order valence-corrected chi connectivity index (χ0v) is 22.0. The van der Waals surface area contributed by atoms with E-state index in [-0.39, 0.29) is 11.6 Å². The number of carbonyl (C=O) groups excluding carboxylic acids is 1. The predicted molar refractivity (Wildman–Crippen MR) is 152 cm³/mol. The summed E-state index contributed by atoms with van der Waals surface area (Å²) in [5, 5.41) is 15.0. The molecule has 7 aromatic rings. The van der Waals surface area contributed by atoms with Crippen LogP contribution in [0.1, 0.15) is 33.1 Å². The molecular weight excluding hydrogens is 519 g/mol. The van der Waals surface area contributed by atoms with Gasteiger partial charge in [0.05, 0.1) is 18.3 Å². The van der Waals surface area contributed by atoms with Crippen molar-refractivity contribution in [2.75, 3.05) is 0 Å². The van der Waals surface area contributed by atoms with E-state index < -0.39 is 0 Å². The minimum absolute atomic E-state index is 0.0825. The number of tetrazole rings is 1. The Kier molecular flexibility index (Phi) is 5.93. The summed E-state index contributed by atoms with van der Waals surface area (Å²) in [6.45, 7) is 2.97. The number of pyridine rings is 1. The Morgan fingerprint density at radius 3 is 2.51 bits per heavy atom. The van der Waals surface area contributed by atoms with Crippen LogP contribution in [-0.4, -0.2) is 45.5 Å². The maximum absolute atomic E-state index is 13.8. The van der Waals surface area contributed by atoms with Crippen molar-refractivity contribution in [1.82, 2.24) is 39.7 Å². The van der Waals surface area contributed by atoms with Gasteiger partial charge in [0.25, 0.3) is 0 Å². The molecule has 0 spiro atoms. The number of nitrogens with one attached hydrogen (secondary N) is 1. The number of H-pyrrole nitrogens is 1. The van der Waals surface area contributed by atoms with Crippen LogP contribution in [0.4, 0.5) is 4.39 Å². The van der Waals surface area contributed by atoms with Crippen molar-refractivity contribution in [3.05, 3.63) is 126 Å². The number of carbonyl (C=O) groups is 1. The van der Waals surface area contributed by atoms with Gasteiger partial charge >= 0.3 is 0 Å². The van der Waals surface area contributed by atoms with Crippen molar-refractivity contribution in [1.29, 1.82) is 0 Å². The van der Waals surface area contributed by atoms with Crippen LogP contribution in [0.25, 0.3) is 33.1 Å². The van der Waals surface area contributed by atoms with Crippen LogP contribution in [0.3, 0.4) is 0 Å². The van der Waals surface area contributed by atoms with Gasteiger partial charge in [-0.05, 0) is 58.3 Å². The average molecular weight is 543 g/mol. The first-order chi connectivity index (χ1) is 20.0. The molecule has 0 atom stereocenters. The van der Waals surface area contributed by atoms with Crippen LogP contribution in [0, 0.1) is 12.7 Å². The topological polar surface area (TPSA) is 107 Å². The molecule has 41 heavy (non-hydrogen) atoms. The van der Waals surface area contributed by atoms with Crippen LogP contribution >= 0.6 is 0 Å². The fourth-order valence-corrected chi connectivity index (χ4v) is 5.23. The minimum atomic E-state index is -0.291. The molecule has 0 amide bonds. The minimum Gasteiger partial charge on any atom is -0.339 e. The molecule has 200 valence electrons. The summed E-state index contributed by atoms with van der Waals surface area (Å²) in [7, 11) is 0. The summed E-state index contributed by atoms with van der Waals surface area (Å²) < 4.78 is 17.6. The smallest absolute Gasteiger partial charge is 0.195 e. The van der Waals surface area contributed by atoms with Gasteiger partial charge in [-0.3, -0.25) is 9.78 Å². The van der Waals surface area contributed by atoms with Crippen LogP contribution in [-0.2, 0) is 13.1 Å². The Balaban J connectivity index is 1.23. The van der Waals surface area contributed by atoms with E-state index in [2.05, 4.69) is 35.2 Å². The van der Waals surface area contributed by atoms with E-state index in [9.17, 15) is 9.18 Å². The van der Waals surface area contributed by atoms with Crippen molar-refractivity contribution in [3.63, 3.8) is 0 Å². The van der Waals surface area contributed by atoms with Gasteiger partial charge in [0.1, 0.15) is 17.2 Å². The Hall–Kier alpha value is -5.51. The predicted octanol–water partition coefficient (Wildman–Crippen LogP) is 5.34. The number of rotatable bonds is 7. The standard InChI is InChI=1S/C31H23FN8O/c1-19-34-27-15-33-13-12-28(27)40(19)16-20-2-4-22(5-3-20)31(41)26-17-39(18-30-35-37-38-36-30)29-14-23(8-11-25(26)29)21-6-9-24(32)10-7-21/h2-15,17H,16,18H2,1H3,(H,35,36,37,38). The molecule has 0 aliphatic rings. The number of nitrogens with zero attached hydrogens (tertiary/aromatic N) is 7. The van der Waals surface area contributed by atoms with Gasteiger partial charge in [-0.25, -0.2) is 14.5 Å². The number of aryl methyl sites for hydroxylation is 1. The number of aromatic nitrogens is 8. The Labute approximate surface area is 233 Å². The number of hydrogen-bond acceptors (Lipinski definition) is 6. The number of halogens is 1. The molecule has 1 N–H and O–H groups in total. The number of fused-ring (bicyclic) bond motifs is 2. The van der Waals surface area contributed by atoms with Crippen molar-refractivity contribution in [2.24, 2.45) is 0 Å². The lowest BCUT2D eigenvalue weighted by Crippen LogP contribution is -2.04. The molecule has 0 radical (unpaired) electrons. The molecule has 0 saturated carbocycles. The van der Waals surface area contributed by atoms with Gasteiger partial charge in [-0.2, -0.15) is 0 Å². The highest BCUT2D eigenvalue weighted by atomic mass is 19.1. The third kappa shape index (κ3) is 4.55. The highest BCUT2D eigenvalue weighted by molar-refractivity contribution is 6.16. The number of hydrogen-bond donors (Lipinski definition) is 1. The van der Waals surface area contributed by atoms with E-state index in [0.717, 1.165) is 44.5 Å². The maximum atomic E-state index is 13.8. The molecule has 0 aliphatic heterocycles. The molecular formula is C31H23FN8O. The normalized spacial score (nSPS) is 11.5. The lowest BCUT2D eigenvalue weighted by atomic mass is 9.99. The molecule has 0 fully saturated rings. The van der Waals surface area contributed by atoms with Crippen molar-refractivity contribution < 1.29 is 9.18 Å². The number of imidazole rings is 1. The van der Waals surface area contributed by atoms with Crippen molar-refractivity contribution >= 4 is 27.7 Å². The lowest BCUT2D eigenvalue weighted by molar-refractivity contribution is 0.104. The van der Waals surface area contributed by atoms with Gasteiger partial charge in [0, 0.05) is 41.0 Å². The van der Waals surface area contributed by atoms with E-state index in [4.69, 9.17) is 0 Å². The van der Waals surface area contributed by atoms with E-state index >= 15 is 0 Å². The fraction of sp³-hybridized carbons (Fsp3) is 0.0968. The second-order valence-electron chi connectivity index (χ2n) is 9.89. The summed E-state index contributed by atoms with van der Waals surface area (Å²) in [6, 6.07) is 21.9. The lowest BCUT2D eigenvalue weighted by Gasteiger charge is -2.08. The zero-order valence-electron chi connectivity index (χ0n) is 22.0. The summed E-state index contributed by atoms with van der Waals surface area (Å²) in [5.41, 5.74) is 6.74. The molecule has 10 heteroatoms. The summed E-state index contributed by atoms with van der Waals surface area (Å²) in [6.07, 6.45) is 5.37. The average Bonchev–Trinajstić information content (AvgIpc) is 3.72. The largest absolute Gasteiger partial charge is 0.339 e. The summed E-state index contributed by atoms with van der Waals surface area (Å²) in [4.78, 5) is 22.6. The zero-order chi connectivity index (χ0) is 27.9. The van der Waals surface area contributed by atoms with Crippen molar-refractivity contribution in [2.45, 2.75) is 20.0 Å². The van der Waals surface area contributed by atoms with E-state index in [1.807, 2.05) is 66.2 Å². The monoisotopic (exact) mass is 542 g/mol. The molecule has 3 aromatic carbocycles. The molecule has 0 aliphatic carbocycles. The summed E-state index contributed by atoms with van der Waals surface area (Å²) in [5.74, 6) is 1.10. The highest BCUT2D eigenvalue weighted by Crippen LogP contribution is 2.30. The fourth-order valence-electron chi connectivity index (χ4n) is 5.23. The SMILES string of the molecule is Cc1nc2cnccc2n1Cc1ccc(C(=O)c2cn(Cc3nnn[nH]3)c3cc(-c4ccc(F)cc4)ccc23)cc1. The molecule has 0 bridgehead atoms. The van der Waals surface area contributed by atoms with Gasteiger partial charge in [0.2, 0.25) is 0 Å².